The van der Waals surface area contributed by atoms with Crippen molar-refractivity contribution in [2.24, 2.45) is 7.05 Å². The van der Waals surface area contributed by atoms with Crippen LogP contribution in [0.2, 0.25) is 0 Å². The molecule has 0 aliphatic carbocycles. The molecule has 0 saturated carbocycles. The molecule has 0 spiro atoms. The fourth-order valence-electron chi connectivity index (χ4n) is 2.30. The number of fused-ring (bicyclic) bond motifs is 1. The minimum atomic E-state index is -0.127. The van der Waals surface area contributed by atoms with E-state index in [4.69, 9.17) is 4.74 Å². The molecule has 2 heterocycles. The quantitative estimate of drug-likeness (QED) is 0.750. The Kier molecular flexibility index (Phi) is 2.44. The van der Waals surface area contributed by atoms with Gasteiger partial charge in [-0.3, -0.25) is 4.79 Å². The largest absolute Gasteiger partial charge is 0.372 e. The molecule has 4 nitrogen and oxygen atoms in total. The maximum absolute atomic E-state index is 12.2. The SMILES string of the molecule is Cn1c(=O)c(C2CCCO2)nc2ccccc21. The number of para-hydroxylation sites is 2. The van der Waals surface area contributed by atoms with Crippen LogP contribution < -0.4 is 5.56 Å². The molecule has 1 fully saturated rings. The molecule has 1 aromatic heterocycles. The molecule has 1 aliphatic rings. The van der Waals surface area contributed by atoms with Gasteiger partial charge in [0.05, 0.1) is 11.0 Å². The van der Waals surface area contributed by atoms with Crippen molar-refractivity contribution in [3.05, 3.63) is 40.3 Å². The van der Waals surface area contributed by atoms with E-state index in [0.29, 0.717) is 5.69 Å². The maximum atomic E-state index is 12.2. The van der Waals surface area contributed by atoms with Crippen molar-refractivity contribution in [1.29, 1.82) is 0 Å². The summed E-state index contributed by atoms with van der Waals surface area (Å²) in [5, 5.41) is 0. The Hall–Kier alpha value is -1.68. The van der Waals surface area contributed by atoms with Crippen molar-refractivity contribution in [3.8, 4) is 0 Å². The molecule has 1 aliphatic heterocycles. The molecule has 1 unspecified atom stereocenters. The van der Waals surface area contributed by atoms with Crippen LogP contribution in [0.5, 0.6) is 0 Å². The summed E-state index contributed by atoms with van der Waals surface area (Å²) in [5.41, 5.74) is 2.21. The Balaban J connectivity index is 2.25. The molecule has 3 rings (SSSR count). The fraction of sp³-hybridized carbons (Fsp3) is 0.385. The molecule has 4 heteroatoms. The summed E-state index contributed by atoms with van der Waals surface area (Å²) in [4.78, 5) is 16.6. The van der Waals surface area contributed by atoms with Gasteiger partial charge in [0.1, 0.15) is 11.8 Å². The Morgan fingerprint density at radius 3 is 3.00 bits per heavy atom. The van der Waals surface area contributed by atoms with Crippen molar-refractivity contribution in [3.63, 3.8) is 0 Å². The number of benzene rings is 1. The lowest BCUT2D eigenvalue weighted by molar-refractivity contribution is 0.107. The summed E-state index contributed by atoms with van der Waals surface area (Å²) in [7, 11) is 1.78. The highest BCUT2D eigenvalue weighted by Gasteiger charge is 2.23. The molecule has 2 aromatic rings. The third kappa shape index (κ3) is 1.65. The second-order valence-corrected chi connectivity index (χ2v) is 4.35. The topological polar surface area (TPSA) is 44.1 Å². The summed E-state index contributed by atoms with van der Waals surface area (Å²) in [6, 6.07) is 7.67. The summed E-state index contributed by atoms with van der Waals surface area (Å²) >= 11 is 0. The van der Waals surface area contributed by atoms with E-state index in [-0.39, 0.29) is 11.7 Å². The third-order valence-electron chi connectivity index (χ3n) is 3.24. The highest BCUT2D eigenvalue weighted by atomic mass is 16.5. The first-order valence-corrected chi connectivity index (χ1v) is 5.84. The van der Waals surface area contributed by atoms with Crippen molar-refractivity contribution in [2.75, 3.05) is 6.61 Å². The third-order valence-corrected chi connectivity index (χ3v) is 3.24. The Bertz CT molecular complexity index is 612. The van der Waals surface area contributed by atoms with Gasteiger partial charge in [0, 0.05) is 13.7 Å². The number of ether oxygens (including phenoxy) is 1. The van der Waals surface area contributed by atoms with E-state index in [9.17, 15) is 4.79 Å². The van der Waals surface area contributed by atoms with Crippen LogP contribution in [0.3, 0.4) is 0 Å². The van der Waals surface area contributed by atoms with Crippen LogP contribution in [0.25, 0.3) is 11.0 Å². The fourth-order valence-corrected chi connectivity index (χ4v) is 2.30. The molecule has 88 valence electrons. The average molecular weight is 230 g/mol. The van der Waals surface area contributed by atoms with Crippen LogP contribution in [0.4, 0.5) is 0 Å². The summed E-state index contributed by atoms with van der Waals surface area (Å²) < 4.78 is 7.20. The maximum Gasteiger partial charge on any atom is 0.275 e. The number of rotatable bonds is 1. The average Bonchev–Trinajstić information content (AvgIpc) is 2.87. The van der Waals surface area contributed by atoms with Crippen molar-refractivity contribution < 1.29 is 4.74 Å². The Morgan fingerprint density at radius 2 is 2.24 bits per heavy atom. The highest BCUT2D eigenvalue weighted by Crippen LogP contribution is 2.25. The molecule has 0 N–H and O–H groups in total. The van der Waals surface area contributed by atoms with E-state index in [1.165, 1.54) is 0 Å². The van der Waals surface area contributed by atoms with Crippen LogP contribution in [0.15, 0.2) is 29.1 Å². The van der Waals surface area contributed by atoms with E-state index < -0.39 is 0 Å². The molecule has 1 atom stereocenters. The minimum absolute atomic E-state index is 0.0457. The van der Waals surface area contributed by atoms with Crippen molar-refractivity contribution in [2.45, 2.75) is 18.9 Å². The van der Waals surface area contributed by atoms with Crippen LogP contribution in [0.1, 0.15) is 24.6 Å². The van der Waals surface area contributed by atoms with Crippen molar-refractivity contribution in [1.82, 2.24) is 9.55 Å². The molecule has 0 radical (unpaired) electrons. The standard InChI is InChI=1S/C13H14N2O2/c1-15-10-6-3-2-5-9(10)14-12(13(15)16)11-7-4-8-17-11/h2-3,5-6,11H,4,7-8H2,1H3. The zero-order valence-corrected chi connectivity index (χ0v) is 9.72. The lowest BCUT2D eigenvalue weighted by atomic mass is 10.1. The summed E-state index contributed by atoms with van der Waals surface area (Å²) in [5.74, 6) is 0. The van der Waals surface area contributed by atoms with E-state index in [0.717, 1.165) is 30.5 Å². The van der Waals surface area contributed by atoms with Gasteiger partial charge < -0.3 is 9.30 Å². The van der Waals surface area contributed by atoms with Crippen LogP contribution in [0, 0.1) is 0 Å². The summed E-state index contributed by atoms with van der Waals surface area (Å²) in [6.45, 7) is 0.725. The van der Waals surface area contributed by atoms with Crippen LogP contribution in [-0.4, -0.2) is 16.2 Å². The number of aryl methyl sites for hydroxylation is 1. The van der Waals surface area contributed by atoms with E-state index in [1.807, 2.05) is 24.3 Å². The number of aromatic nitrogens is 2. The molecule has 1 aromatic carbocycles. The summed E-state index contributed by atoms with van der Waals surface area (Å²) in [6.07, 6.45) is 1.77. The van der Waals surface area contributed by atoms with Gasteiger partial charge >= 0.3 is 0 Å². The molecule has 17 heavy (non-hydrogen) atoms. The lowest BCUT2D eigenvalue weighted by Crippen LogP contribution is -2.25. The first-order valence-electron chi connectivity index (χ1n) is 5.84. The number of nitrogens with zero attached hydrogens (tertiary/aromatic N) is 2. The zero-order chi connectivity index (χ0) is 11.8. The zero-order valence-electron chi connectivity index (χ0n) is 9.72. The van der Waals surface area contributed by atoms with Gasteiger partial charge in [-0.15, -0.1) is 0 Å². The van der Waals surface area contributed by atoms with Crippen molar-refractivity contribution >= 4 is 11.0 Å². The van der Waals surface area contributed by atoms with Gasteiger partial charge in [0.15, 0.2) is 0 Å². The monoisotopic (exact) mass is 230 g/mol. The van der Waals surface area contributed by atoms with Crippen LogP contribution in [-0.2, 0) is 11.8 Å². The molecule has 0 bridgehead atoms. The van der Waals surface area contributed by atoms with Gasteiger partial charge in [-0.05, 0) is 25.0 Å². The van der Waals surface area contributed by atoms with E-state index in [1.54, 1.807) is 11.6 Å². The molecule has 0 amide bonds. The molecular weight excluding hydrogens is 216 g/mol. The predicted octanol–water partition coefficient (Wildman–Crippen LogP) is 1.78. The van der Waals surface area contributed by atoms with E-state index in [2.05, 4.69) is 4.98 Å². The second kappa shape index (κ2) is 3.96. The number of hydrogen-bond donors (Lipinski definition) is 0. The Morgan fingerprint density at radius 1 is 1.41 bits per heavy atom. The highest BCUT2D eigenvalue weighted by molar-refractivity contribution is 5.74. The van der Waals surface area contributed by atoms with Gasteiger partial charge in [-0.2, -0.15) is 0 Å². The van der Waals surface area contributed by atoms with Gasteiger partial charge in [0.25, 0.3) is 5.56 Å². The van der Waals surface area contributed by atoms with E-state index >= 15 is 0 Å². The minimum Gasteiger partial charge on any atom is -0.372 e. The smallest absolute Gasteiger partial charge is 0.275 e. The lowest BCUT2D eigenvalue weighted by Gasteiger charge is -2.11. The predicted molar refractivity (Wildman–Crippen MR) is 64.9 cm³/mol. The number of hydrogen-bond acceptors (Lipinski definition) is 3. The molecular formula is C13H14N2O2. The van der Waals surface area contributed by atoms with Gasteiger partial charge in [0.2, 0.25) is 0 Å². The Labute approximate surface area is 98.9 Å². The first-order chi connectivity index (χ1) is 8.27. The normalized spacial score (nSPS) is 19.9. The molecule has 1 saturated heterocycles. The van der Waals surface area contributed by atoms with Crippen LogP contribution >= 0.6 is 0 Å². The van der Waals surface area contributed by atoms with Gasteiger partial charge in [-0.25, -0.2) is 4.98 Å². The second-order valence-electron chi connectivity index (χ2n) is 4.35. The van der Waals surface area contributed by atoms with Gasteiger partial charge in [-0.1, -0.05) is 12.1 Å². The first kappa shape index (κ1) is 10.5.